The Labute approximate surface area is 141 Å². The zero-order valence-corrected chi connectivity index (χ0v) is 14.3. The minimum atomic E-state index is -0.981. The molecule has 0 unspecified atom stereocenters. The summed E-state index contributed by atoms with van der Waals surface area (Å²) in [5.74, 6) is -2.10. The van der Waals surface area contributed by atoms with Gasteiger partial charge in [0.05, 0.1) is 0 Å². The second-order valence-corrected chi connectivity index (χ2v) is 5.23. The SMILES string of the molecule is C=CC(=O)O.C=CC(=O)O.CC(C)(N=NC(C)(C)C(=N)N)C(=N)N. The Kier molecular flexibility index (Phi) is 12.4. The van der Waals surface area contributed by atoms with E-state index in [1.807, 2.05) is 0 Å². The van der Waals surface area contributed by atoms with Crippen LogP contribution in [0.5, 0.6) is 0 Å². The monoisotopic (exact) mass is 342 g/mol. The first-order valence-electron chi connectivity index (χ1n) is 6.47. The summed E-state index contributed by atoms with van der Waals surface area (Å²) in [5.41, 5.74) is 8.96. The van der Waals surface area contributed by atoms with E-state index in [-0.39, 0.29) is 11.7 Å². The van der Waals surface area contributed by atoms with E-state index in [0.717, 1.165) is 12.2 Å². The molecule has 0 saturated heterocycles. The van der Waals surface area contributed by atoms with Gasteiger partial charge in [0.25, 0.3) is 0 Å². The molecule has 0 saturated carbocycles. The van der Waals surface area contributed by atoms with Crippen molar-refractivity contribution in [2.45, 2.75) is 38.8 Å². The number of carboxylic acid groups (broad SMARTS) is 2. The number of amidine groups is 2. The van der Waals surface area contributed by atoms with Crippen molar-refractivity contribution >= 4 is 23.6 Å². The first-order chi connectivity index (χ1) is 10.6. The number of nitrogens with zero attached hydrogens (tertiary/aromatic N) is 2. The van der Waals surface area contributed by atoms with Crippen LogP contribution in [-0.2, 0) is 9.59 Å². The largest absolute Gasteiger partial charge is 0.478 e. The molecule has 0 aliphatic rings. The summed E-state index contributed by atoms with van der Waals surface area (Å²) in [6, 6.07) is 0. The highest BCUT2D eigenvalue weighted by Gasteiger charge is 2.25. The van der Waals surface area contributed by atoms with Crippen molar-refractivity contribution in [1.82, 2.24) is 0 Å². The summed E-state index contributed by atoms with van der Waals surface area (Å²) in [6.45, 7) is 12.6. The van der Waals surface area contributed by atoms with Crippen molar-refractivity contribution in [3.05, 3.63) is 25.3 Å². The molecule has 0 amide bonds. The fourth-order valence-electron chi connectivity index (χ4n) is 0.358. The van der Waals surface area contributed by atoms with E-state index in [9.17, 15) is 9.59 Å². The van der Waals surface area contributed by atoms with Crippen LogP contribution < -0.4 is 11.5 Å². The second kappa shape index (κ2) is 11.5. The van der Waals surface area contributed by atoms with Gasteiger partial charge in [0.2, 0.25) is 0 Å². The number of azo groups is 1. The van der Waals surface area contributed by atoms with E-state index >= 15 is 0 Å². The number of carbonyl (C=O) groups is 2. The number of nitrogens with two attached hydrogens (primary N) is 2. The lowest BCUT2D eigenvalue weighted by atomic mass is 10.1. The Morgan fingerprint density at radius 3 is 1.12 bits per heavy atom. The van der Waals surface area contributed by atoms with Crippen LogP contribution >= 0.6 is 0 Å². The van der Waals surface area contributed by atoms with Crippen LogP contribution in [0.4, 0.5) is 0 Å². The molecule has 0 fully saturated rings. The van der Waals surface area contributed by atoms with Crippen LogP contribution in [0.15, 0.2) is 35.5 Å². The average Bonchev–Trinajstić information content (AvgIpc) is 2.46. The minimum Gasteiger partial charge on any atom is -0.478 e. The molecule has 8 N–H and O–H groups in total. The van der Waals surface area contributed by atoms with Gasteiger partial charge in [-0.25, -0.2) is 9.59 Å². The molecule has 0 aliphatic heterocycles. The number of hydrogen-bond acceptors (Lipinski definition) is 6. The first kappa shape index (κ1) is 25.9. The molecule has 10 nitrogen and oxygen atoms in total. The van der Waals surface area contributed by atoms with Gasteiger partial charge in [-0.1, -0.05) is 13.2 Å². The standard InChI is InChI=1S/C8H18N6.2C3H4O2/c1-7(2,5(9)10)13-14-8(3,4)6(11)12;2*1-2-3(4)5/h1-4H3,(H3,9,10)(H3,11,12);2*2H,1H2,(H,4,5). The molecule has 0 radical (unpaired) electrons. The lowest BCUT2D eigenvalue weighted by molar-refractivity contribution is -0.132. The van der Waals surface area contributed by atoms with Crippen molar-refractivity contribution in [1.29, 1.82) is 10.8 Å². The molecule has 0 bridgehead atoms. The molecule has 24 heavy (non-hydrogen) atoms. The zero-order chi connectivity index (χ0) is 20.1. The predicted molar refractivity (Wildman–Crippen MR) is 92.5 cm³/mol. The maximum atomic E-state index is 9.25. The number of nitrogens with one attached hydrogen (secondary N) is 2. The van der Waals surface area contributed by atoms with Gasteiger partial charge in [0, 0.05) is 12.2 Å². The summed E-state index contributed by atoms with van der Waals surface area (Å²) in [5, 5.41) is 37.5. The van der Waals surface area contributed by atoms with Crippen molar-refractivity contribution < 1.29 is 19.8 Å². The van der Waals surface area contributed by atoms with Crippen molar-refractivity contribution in [3.8, 4) is 0 Å². The highest BCUT2D eigenvalue weighted by Crippen LogP contribution is 2.15. The van der Waals surface area contributed by atoms with Crippen LogP contribution in [0.25, 0.3) is 0 Å². The predicted octanol–water partition coefficient (Wildman–Crippen LogP) is 1.38. The lowest BCUT2D eigenvalue weighted by Gasteiger charge is -2.20. The summed E-state index contributed by atoms with van der Waals surface area (Å²) >= 11 is 0. The third-order valence-electron chi connectivity index (χ3n) is 2.22. The maximum Gasteiger partial charge on any atom is 0.327 e. The molecule has 0 atom stereocenters. The van der Waals surface area contributed by atoms with Crippen molar-refractivity contribution in [2.75, 3.05) is 0 Å². The summed E-state index contributed by atoms with van der Waals surface area (Å²) in [7, 11) is 0. The van der Waals surface area contributed by atoms with Gasteiger partial charge in [-0.2, -0.15) is 10.2 Å². The third kappa shape index (κ3) is 15.4. The molecule has 0 rings (SSSR count). The van der Waals surface area contributed by atoms with Crippen LogP contribution in [0, 0.1) is 10.8 Å². The van der Waals surface area contributed by atoms with Gasteiger partial charge in [-0.15, -0.1) is 0 Å². The Bertz CT molecular complexity index is 477. The average molecular weight is 342 g/mol. The zero-order valence-electron chi connectivity index (χ0n) is 14.3. The molecular weight excluding hydrogens is 316 g/mol. The van der Waals surface area contributed by atoms with Gasteiger partial charge in [-0.05, 0) is 27.7 Å². The summed E-state index contributed by atoms with van der Waals surface area (Å²) in [6.07, 6.45) is 1.67. The van der Waals surface area contributed by atoms with E-state index < -0.39 is 23.0 Å². The smallest absolute Gasteiger partial charge is 0.327 e. The molecule has 0 aromatic heterocycles. The quantitative estimate of drug-likeness (QED) is 0.182. The number of aliphatic carboxylic acids is 2. The van der Waals surface area contributed by atoms with Crippen LogP contribution in [0.2, 0.25) is 0 Å². The van der Waals surface area contributed by atoms with E-state index in [1.165, 1.54) is 0 Å². The fraction of sp³-hybridized carbons (Fsp3) is 0.429. The minimum absolute atomic E-state index is 0.0689. The van der Waals surface area contributed by atoms with Crippen LogP contribution in [0.1, 0.15) is 27.7 Å². The molecule has 0 aromatic carbocycles. The summed E-state index contributed by atoms with van der Waals surface area (Å²) in [4.78, 5) is 18.5. The van der Waals surface area contributed by atoms with Gasteiger partial charge in [0.1, 0.15) is 22.7 Å². The molecule has 0 aromatic rings. The topological polar surface area (TPSA) is 199 Å². The van der Waals surface area contributed by atoms with E-state index in [4.69, 9.17) is 32.5 Å². The van der Waals surface area contributed by atoms with Crippen LogP contribution in [0.3, 0.4) is 0 Å². The highest BCUT2D eigenvalue weighted by atomic mass is 16.4. The van der Waals surface area contributed by atoms with Gasteiger partial charge < -0.3 is 21.7 Å². The Morgan fingerprint density at radius 1 is 0.875 bits per heavy atom. The number of hydrogen-bond donors (Lipinski definition) is 6. The van der Waals surface area contributed by atoms with E-state index in [2.05, 4.69) is 23.4 Å². The Hall–Kier alpha value is -3.04. The summed E-state index contributed by atoms with van der Waals surface area (Å²) < 4.78 is 0. The fourth-order valence-corrected chi connectivity index (χ4v) is 0.358. The Morgan fingerprint density at radius 2 is 1.04 bits per heavy atom. The number of rotatable bonds is 6. The second-order valence-electron chi connectivity index (χ2n) is 5.23. The van der Waals surface area contributed by atoms with Crippen molar-refractivity contribution in [2.24, 2.45) is 21.7 Å². The highest BCUT2D eigenvalue weighted by molar-refractivity contribution is 5.87. The molecular formula is C14H26N6O4. The molecule has 136 valence electrons. The first-order valence-corrected chi connectivity index (χ1v) is 6.47. The van der Waals surface area contributed by atoms with E-state index in [1.54, 1.807) is 27.7 Å². The molecule has 0 spiro atoms. The van der Waals surface area contributed by atoms with E-state index in [0.29, 0.717) is 0 Å². The molecule has 10 heteroatoms. The van der Waals surface area contributed by atoms with Crippen LogP contribution in [-0.4, -0.2) is 44.9 Å². The lowest BCUT2D eigenvalue weighted by Crippen LogP contribution is -2.38. The van der Waals surface area contributed by atoms with Gasteiger partial charge >= 0.3 is 11.9 Å². The Balaban J connectivity index is -0.000000361. The molecule has 0 heterocycles. The normalized spacial score (nSPS) is 10.3. The number of carboxylic acids is 2. The maximum absolute atomic E-state index is 9.25. The van der Waals surface area contributed by atoms with Gasteiger partial charge in [-0.3, -0.25) is 10.8 Å². The third-order valence-corrected chi connectivity index (χ3v) is 2.22. The van der Waals surface area contributed by atoms with Gasteiger partial charge in [0.15, 0.2) is 0 Å². The van der Waals surface area contributed by atoms with Crippen molar-refractivity contribution in [3.63, 3.8) is 0 Å². The molecule has 0 aliphatic carbocycles.